The van der Waals surface area contributed by atoms with Crippen molar-refractivity contribution in [1.82, 2.24) is 0 Å². The van der Waals surface area contributed by atoms with Crippen LogP contribution in [0.15, 0.2) is 72.8 Å². The Labute approximate surface area is 169 Å². The van der Waals surface area contributed by atoms with Gasteiger partial charge in [0.25, 0.3) is 5.91 Å². The van der Waals surface area contributed by atoms with Crippen LogP contribution in [0, 0.1) is 5.92 Å². The van der Waals surface area contributed by atoms with E-state index in [0.717, 1.165) is 29.3 Å². The van der Waals surface area contributed by atoms with E-state index in [4.69, 9.17) is 4.84 Å². The molecule has 146 valence electrons. The second kappa shape index (κ2) is 7.01. The van der Waals surface area contributed by atoms with Crippen LogP contribution in [0.5, 0.6) is 0 Å². The van der Waals surface area contributed by atoms with Gasteiger partial charge in [-0.3, -0.25) is 14.4 Å². The van der Waals surface area contributed by atoms with Crippen molar-refractivity contribution < 1.29 is 14.4 Å². The zero-order valence-corrected chi connectivity index (χ0v) is 16.2. The third-order valence-electron chi connectivity index (χ3n) is 5.82. The van der Waals surface area contributed by atoms with Crippen molar-refractivity contribution in [2.45, 2.75) is 31.9 Å². The molecule has 5 nitrogen and oxygen atoms in total. The molecular weight excluding hydrogens is 364 g/mol. The van der Waals surface area contributed by atoms with Crippen molar-refractivity contribution in [3.05, 3.63) is 72.8 Å². The average Bonchev–Trinajstić information content (AvgIpc) is 3.24. The molecule has 2 aliphatic rings. The van der Waals surface area contributed by atoms with Gasteiger partial charge in [0, 0.05) is 0 Å². The van der Waals surface area contributed by atoms with Crippen molar-refractivity contribution in [2.24, 2.45) is 5.92 Å². The number of anilines is 2. The number of benzene rings is 3. The molecule has 29 heavy (non-hydrogen) atoms. The summed E-state index contributed by atoms with van der Waals surface area (Å²) in [7, 11) is 0. The van der Waals surface area contributed by atoms with Gasteiger partial charge in [-0.15, -0.1) is 0 Å². The fourth-order valence-corrected chi connectivity index (χ4v) is 4.48. The lowest BCUT2D eigenvalue weighted by molar-refractivity contribution is -0.126. The number of fused-ring (bicyclic) bond motifs is 2. The van der Waals surface area contributed by atoms with Crippen LogP contribution in [-0.2, 0) is 14.4 Å². The normalized spacial score (nSPS) is 23.8. The molecule has 2 heterocycles. The summed E-state index contributed by atoms with van der Waals surface area (Å²) in [4.78, 5) is 34.0. The topological polar surface area (TPSA) is 49.9 Å². The predicted molar refractivity (Wildman–Crippen MR) is 112 cm³/mol. The molecule has 0 aliphatic carbocycles. The van der Waals surface area contributed by atoms with Gasteiger partial charge >= 0.3 is 0 Å². The van der Waals surface area contributed by atoms with Crippen LogP contribution >= 0.6 is 0 Å². The maximum absolute atomic E-state index is 13.4. The lowest BCUT2D eigenvalue weighted by atomic mass is 9.93. The number of nitrogens with zero attached hydrogens (tertiary/aromatic N) is 2. The Kier molecular flexibility index (Phi) is 4.32. The first-order chi connectivity index (χ1) is 14.2. The van der Waals surface area contributed by atoms with Gasteiger partial charge in [0.2, 0.25) is 5.91 Å². The quantitative estimate of drug-likeness (QED) is 0.627. The molecular formula is C24H22N2O3. The standard InChI is InChI=1S/C24H22N2O3/c1-2-8-20-21-22(29-26(20)18-11-4-3-5-12-18)24(28)25(23(21)27)19-14-13-16-9-6-7-10-17(16)15-19/h3-7,9-15,20-22H,2,8H2,1H3. The smallest absolute Gasteiger partial charge is 0.266 e. The van der Waals surface area contributed by atoms with Crippen LogP contribution in [0.25, 0.3) is 10.8 Å². The summed E-state index contributed by atoms with van der Waals surface area (Å²) >= 11 is 0. The molecule has 2 fully saturated rings. The summed E-state index contributed by atoms with van der Waals surface area (Å²) in [6.45, 7) is 2.08. The molecule has 3 atom stereocenters. The second-order valence-corrected chi connectivity index (χ2v) is 7.61. The number of hydroxylamine groups is 1. The minimum Gasteiger partial charge on any atom is -0.273 e. The number of amides is 2. The highest BCUT2D eigenvalue weighted by Crippen LogP contribution is 2.42. The second-order valence-electron chi connectivity index (χ2n) is 7.61. The largest absolute Gasteiger partial charge is 0.273 e. The average molecular weight is 386 g/mol. The molecule has 3 aromatic carbocycles. The van der Waals surface area contributed by atoms with Gasteiger partial charge in [-0.25, -0.2) is 9.96 Å². The molecule has 3 unspecified atom stereocenters. The lowest BCUT2D eigenvalue weighted by Crippen LogP contribution is -2.40. The van der Waals surface area contributed by atoms with Crippen LogP contribution < -0.4 is 9.96 Å². The number of carbonyl (C=O) groups is 2. The van der Waals surface area contributed by atoms with E-state index >= 15 is 0 Å². The molecule has 2 saturated heterocycles. The first kappa shape index (κ1) is 17.9. The van der Waals surface area contributed by atoms with Crippen LogP contribution in [0.2, 0.25) is 0 Å². The fourth-order valence-electron chi connectivity index (χ4n) is 4.48. The van der Waals surface area contributed by atoms with E-state index in [1.165, 1.54) is 4.90 Å². The monoisotopic (exact) mass is 386 g/mol. The Bertz CT molecular complexity index is 1080. The van der Waals surface area contributed by atoms with Crippen molar-refractivity contribution in [2.75, 3.05) is 9.96 Å². The Morgan fingerprint density at radius 2 is 1.55 bits per heavy atom. The van der Waals surface area contributed by atoms with Gasteiger partial charge in [-0.05, 0) is 41.5 Å². The highest BCUT2D eigenvalue weighted by molar-refractivity contribution is 6.24. The van der Waals surface area contributed by atoms with E-state index in [9.17, 15) is 9.59 Å². The molecule has 2 aliphatic heterocycles. The van der Waals surface area contributed by atoms with Crippen molar-refractivity contribution >= 4 is 34.0 Å². The maximum atomic E-state index is 13.4. The first-order valence-electron chi connectivity index (χ1n) is 10.1. The zero-order valence-electron chi connectivity index (χ0n) is 16.2. The summed E-state index contributed by atoms with van der Waals surface area (Å²) in [5.41, 5.74) is 1.48. The first-order valence-corrected chi connectivity index (χ1v) is 10.1. The van der Waals surface area contributed by atoms with E-state index < -0.39 is 12.0 Å². The van der Waals surface area contributed by atoms with Crippen LogP contribution in [0.4, 0.5) is 11.4 Å². The summed E-state index contributed by atoms with van der Waals surface area (Å²) < 4.78 is 0. The van der Waals surface area contributed by atoms with Crippen LogP contribution in [-0.4, -0.2) is 24.0 Å². The number of hydrogen-bond acceptors (Lipinski definition) is 4. The molecule has 0 aromatic heterocycles. The third kappa shape index (κ3) is 2.81. The minimum atomic E-state index is -0.772. The zero-order chi connectivity index (χ0) is 20.0. The van der Waals surface area contributed by atoms with E-state index in [0.29, 0.717) is 5.69 Å². The summed E-state index contributed by atoms with van der Waals surface area (Å²) in [5, 5.41) is 3.84. The van der Waals surface area contributed by atoms with Crippen LogP contribution in [0.1, 0.15) is 19.8 Å². The molecule has 5 rings (SSSR count). The van der Waals surface area contributed by atoms with Gasteiger partial charge in [0.05, 0.1) is 23.3 Å². The van der Waals surface area contributed by atoms with E-state index in [2.05, 4.69) is 6.92 Å². The summed E-state index contributed by atoms with van der Waals surface area (Å²) in [6, 6.07) is 23.1. The van der Waals surface area contributed by atoms with Gasteiger partial charge in [-0.2, -0.15) is 0 Å². The van der Waals surface area contributed by atoms with Crippen molar-refractivity contribution in [1.29, 1.82) is 0 Å². The fraction of sp³-hybridized carbons (Fsp3) is 0.250. The van der Waals surface area contributed by atoms with Crippen molar-refractivity contribution in [3.63, 3.8) is 0 Å². The number of imide groups is 1. The highest BCUT2D eigenvalue weighted by Gasteiger charge is 2.59. The SMILES string of the molecule is CCCC1C2C(=O)N(c3ccc4ccccc4c3)C(=O)C2ON1c1ccccc1. The van der Waals surface area contributed by atoms with Gasteiger partial charge in [-0.1, -0.05) is 61.9 Å². The molecule has 0 saturated carbocycles. The lowest BCUT2D eigenvalue weighted by Gasteiger charge is -2.28. The maximum Gasteiger partial charge on any atom is 0.266 e. The molecule has 2 amide bonds. The number of para-hydroxylation sites is 1. The van der Waals surface area contributed by atoms with E-state index in [-0.39, 0.29) is 17.9 Å². The molecule has 3 aromatic rings. The molecule has 0 radical (unpaired) electrons. The van der Waals surface area contributed by atoms with Crippen LogP contribution in [0.3, 0.4) is 0 Å². The summed E-state index contributed by atoms with van der Waals surface area (Å²) in [5.74, 6) is -0.948. The Morgan fingerprint density at radius 3 is 2.31 bits per heavy atom. The number of rotatable bonds is 4. The molecule has 5 heteroatoms. The number of carbonyl (C=O) groups excluding carboxylic acids is 2. The highest BCUT2D eigenvalue weighted by atomic mass is 16.7. The van der Waals surface area contributed by atoms with Crippen molar-refractivity contribution in [3.8, 4) is 0 Å². The Morgan fingerprint density at radius 1 is 0.828 bits per heavy atom. The Hall–Kier alpha value is -3.18. The predicted octanol–water partition coefficient (Wildman–Crippen LogP) is 4.32. The van der Waals surface area contributed by atoms with E-state index in [1.54, 1.807) is 5.06 Å². The van der Waals surface area contributed by atoms with E-state index in [1.807, 2.05) is 72.8 Å². The number of hydrogen-bond donors (Lipinski definition) is 0. The van der Waals surface area contributed by atoms with Gasteiger partial charge in [0.15, 0.2) is 6.10 Å². The van der Waals surface area contributed by atoms with Gasteiger partial charge in [0.1, 0.15) is 0 Å². The summed E-state index contributed by atoms with van der Waals surface area (Å²) in [6.07, 6.45) is 0.907. The minimum absolute atomic E-state index is 0.158. The van der Waals surface area contributed by atoms with Gasteiger partial charge < -0.3 is 0 Å². The Balaban J connectivity index is 1.51. The molecule has 0 bridgehead atoms. The molecule has 0 spiro atoms. The third-order valence-corrected chi connectivity index (χ3v) is 5.82. The molecule has 0 N–H and O–H groups in total.